The molecule has 0 aromatic rings. The molecule has 0 heterocycles. The van der Waals surface area contributed by atoms with Crippen LogP contribution in [0.3, 0.4) is 0 Å². The van der Waals surface area contributed by atoms with Crippen LogP contribution in [0.5, 0.6) is 0 Å². The SMILES string of the molecule is CC(C)CCOSCNC(=O)CNC(=O)CNC(=O)CN. The Kier molecular flexibility index (Phi) is 11.6. The van der Waals surface area contributed by atoms with Crippen molar-refractivity contribution in [3.63, 3.8) is 0 Å². The molecule has 0 spiro atoms. The van der Waals surface area contributed by atoms with Gasteiger partial charge in [-0.2, -0.15) is 0 Å². The molecule has 0 aromatic carbocycles. The number of amides is 3. The Morgan fingerprint density at radius 3 is 2.19 bits per heavy atom. The molecule has 0 radical (unpaired) electrons. The van der Waals surface area contributed by atoms with Crippen molar-refractivity contribution in [1.82, 2.24) is 16.0 Å². The van der Waals surface area contributed by atoms with Crippen molar-refractivity contribution in [1.29, 1.82) is 0 Å². The summed E-state index contributed by atoms with van der Waals surface area (Å²) in [7, 11) is 0. The fourth-order valence-electron chi connectivity index (χ4n) is 1.05. The highest BCUT2D eigenvalue weighted by atomic mass is 32.2. The third-order valence-corrected chi connectivity index (χ3v) is 2.86. The van der Waals surface area contributed by atoms with Gasteiger partial charge in [0.2, 0.25) is 17.7 Å². The lowest BCUT2D eigenvalue weighted by atomic mass is 10.2. The first-order valence-electron chi connectivity index (χ1n) is 6.70. The van der Waals surface area contributed by atoms with Crippen LogP contribution in [0.2, 0.25) is 0 Å². The molecular weight excluding hydrogens is 296 g/mol. The van der Waals surface area contributed by atoms with Crippen molar-refractivity contribution in [2.45, 2.75) is 20.3 Å². The van der Waals surface area contributed by atoms with Crippen LogP contribution in [-0.4, -0.2) is 49.8 Å². The quantitative estimate of drug-likeness (QED) is 0.219. The van der Waals surface area contributed by atoms with Gasteiger partial charge in [-0.25, -0.2) is 0 Å². The topological polar surface area (TPSA) is 123 Å². The second-order valence-corrected chi connectivity index (χ2v) is 5.38. The Labute approximate surface area is 129 Å². The van der Waals surface area contributed by atoms with Gasteiger partial charge in [0.25, 0.3) is 0 Å². The van der Waals surface area contributed by atoms with Crippen molar-refractivity contribution < 1.29 is 18.6 Å². The van der Waals surface area contributed by atoms with Crippen LogP contribution in [-0.2, 0) is 18.6 Å². The van der Waals surface area contributed by atoms with Gasteiger partial charge >= 0.3 is 0 Å². The van der Waals surface area contributed by atoms with Gasteiger partial charge in [0.15, 0.2) is 0 Å². The maximum absolute atomic E-state index is 11.4. The van der Waals surface area contributed by atoms with Gasteiger partial charge < -0.3 is 25.9 Å². The second kappa shape index (κ2) is 12.4. The predicted molar refractivity (Wildman–Crippen MR) is 81.1 cm³/mol. The minimum Gasteiger partial charge on any atom is -0.346 e. The lowest BCUT2D eigenvalue weighted by Crippen LogP contribution is -2.43. The van der Waals surface area contributed by atoms with E-state index in [1.54, 1.807) is 0 Å². The number of carbonyl (C=O) groups excluding carboxylic acids is 3. The number of hydrogen-bond acceptors (Lipinski definition) is 6. The predicted octanol–water partition coefficient (Wildman–Crippen LogP) is -1.04. The standard InChI is InChI=1S/C12H24N4O4S/c1-9(2)3-4-20-21-8-16-12(19)7-15-11(18)6-14-10(17)5-13/h9H,3-8,13H2,1-2H3,(H,14,17)(H,15,18)(H,16,19). The zero-order valence-corrected chi connectivity index (χ0v) is 13.3. The maximum atomic E-state index is 11.4. The lowest BCUT2D eigenvalue weighted by molar-refractivity contribution is -0.127. The van der Waals surface area contributed by atoms with Crippen LogP contribution in [0.15, 0.2) is 0 Å². The van der Waals surface area contributed by atoms with E-state index in [0.717, 1.165) is 18.5 Å². The Hall–Kier alpha value is -1.32. The summed E-state index contributed by atoms with van der Waals surface area (Å²) < 4.78 is 5.25. The summed E-state index contributed by atoms with van der Waals surface area (Å²) in [5, 5.41) is 7.25. The molecule has 21 heavy (non-hydrogen) atoms. The molecule has 0 unspecified atom stereocenters. The Bertz CT molecular complexity index is 339. The van der Waals surface area contributed by atoms with Crippen LogP contribution >= 0.6 is 12.0 Å². The highest BCUT2D eigenvalue weighted by Crippen LogP contribution is 2.05. The summed E-state index contributed by atoms with van der Waals surface area (Å²) in [6.07, 6.45) is 0.964. The summed E-state index contributed by atoms with van der Waals surface area (Å²) in [4.78, 5) is 33.5. The molecule has 0 aliphatic rings. The van der Waals surface area contributed by atoms with Gasteiger partial charge in [0, 0.05) is 12.0 Å². The molecule has 0 bridgehead atoms. The molecule has 0 fully saturated rings. The van der Waals surface area contributed by atoms with Crippen molar-refractivity contribution in [2.24, 2.45) is 11.7 Å². The first-order chi connectivity index (χ1) is 9.95. The fourth-order valence-corrected chi connectivity index (χ4v) is 1.57. The van der Waals surface area contributed by atoms with Crippen molar-refractivity contribution in [2.75, 3.05) is 32.1 Å². The third kappa shape index (κ3) is 13.4. The summed E-state index contributed by atoms with van der Waals surface area (Å²) in [6, 6.07) is 0. The summed E-state index contributed by atoms with van der Waals surface area (Å²) in [5.74, 6) is -0.308. The van der Waals surface area contributed by atoms with Crippen molar-refractivity contribution in [3.05, 3.63) is 0 Å². The lowest BCUT2D eigenvalue weighted by Gasteiger charge is -2.08. The monoisotopic (exact) mass is 320 g/mol. The smallest absolute Gasteiger partial charge is 0.240 e. The minimum absolute atomic E-state index is 0.149. The van der Waals surface area contributed by atoms with Crippen LogP contribution in [0.25, 0.3) is 0 Å². The Balaban J connectivity index is 3.49. The van der Waals surface area contributed by atoms with E-state index in [2.05, 4.69) is 29.8 Å². The van der Waals surface area contributed by atoms with E-state index in [4.69, 9.17) is 9.92 Å². The molecule has 9 heteroatoms. The number of rotatable bonds is 11. The molecule has 5 N–H and O–H groups in total. The van der Waals surface area contributed by atoms with Crippen LogP contribution < -0.4 is 21.7 Å². The average Bonchev–Trinajstić information content (AvgIpc) is 2.45. The molecule has 3 amide bonds. The van der Waals surface area contributed by atoms with E-state index >= 15 is 0 Å². The van der Waals surface area contributed by atoms with Gasteiger partial charge in [0.1, 0.15) is 0 Å². The highest BCUT2D eigenvalue weighted by molar-refractivity contribution is 7.94. The largest absolute Gasteiger partial charge is 0.346 e. The fraction of sp³-hybridized carbons (Fsp3) is 0.750. The zero-order chi connectivity index (χ0) is 16.1. The van der Waals surface area contributed by atoms with Crippen molar-refractivity contribution >= 4 is 29.8 Å². The molecule has 8 nitrogen and oxygen atoms in total. The first-order valence-corrected chi connectivity index (χ1v) is 7.61. The Morgan fingerprint density at radius 2 is 1.62 bits per heavy atom. The summed E-state index contributed by atoms with van der Waals surface area (Å²) in [5.41, 5.74) is 5.06. The molecule has 0 rings (SSSR count). The highest BCUT2D eigenvalue weighted by Gasteiger charge is 2.06. The first kappa shape index (κ1) is 19.7. The third-order valence-electron chi connectivity index (χ3n) is 2.27. The average molecular weight is 320 g/mol. The Morgan fingerprint density at radius 1 is 1.05 bits per heavy atom. The van der Waals surface area contributed by atoms with Gasteiger partial charge in [0.05, 0.1) is 32.1 Å². The van der Waals surface area contributed by atoms with Gasteiger partial charge in [-0.1, -0.05) is 13.8 Å². The molecule has 0 aliphatic carbocycles. The van der Waals surface area contributed by atoms with Crippen molar-refractivity contribution in [3.8, 4) is 0 Å². The van der Waals surface area contributed by atoms with E-state index in [9.17, 15) is 14.4 Å². The van der Waals surface area contributed by atoms with E-state index in [0.29, 0.717) is 18.4 Å². The van der Waals surface area contributed by atoms with E-state index < -0.39 is 11.8 Å². The van der Waals surface area contributed by atoms with E-state index in [1.165, 1.54) is 0 Å². The molecule has 122 valence electrons. The summed E-state index contributed by atoms with van der Waals surface area (Å²) in [6.45, 7) is 4.32. The van der Waals surface area contributed by atoms with E-state index in [1.807, 2.05) is 0 Å². The minimum atomic E-state index is -0.451. The molecule has 0 saturated heterocycles. The van der Waals surface area contributed by atoms with Crippen LogP contribution in [0.1, 0.15) is 20.3 Å². The van der Waals surface area contributed by atoms with Crippen LogP contribution in [0, 0.1) is 5.92 Å². The number of carbonyl (C=O) groups is 3. The van der Waals surface area contributed by atoms with Crippen LogP contribution in [0.4, 0.5) is 0 Å². The normalized spacial score (nSPS) is 10.3. The summed E-state index contributed by atoms with van der Waals surface area (Å²) >= 11 is 1.16. The second-order valence-electron chi connectivity index (χ2n) is 4.62. The van der Waals surface area contributed by atoms with Gasteiger partial charge in [-0.05, 0) is 12.3 Å². The number of hydrogen-bond donors (Lipinski definition) is 4. The zero-order valence-electron chi connectivity index (χ0n) is 12.4. The number of nitrogens with two attached hydrogens (primary N) is 1. The number of nitrogens with one attached hydrogen (secondary N) is 3. The molecule has 0 aromatic heterocycles. The maximum Gasteiger partial charge on any atom is 0.240 e. The van der Waals surface area contributed by atoms with E-state index in [-0.39, 0.29) is 25.5 Å². The molecular formula is C12H24N4O4S. The molecule has 0 atom stereocenters. The molecule has 0 aliphatic heterocycles. The molecule has 0 saturated carbocycles. The van der Waals surface area contributed by atoms with Gasteiger partial charge in [-0.15, -0.1) is 0 Å². The van der Waals surface area contributed by atoms with Gasteiger partial charge in [-0.3, -0.25) is 14.4 Å².